The summed E-state index contributed by atoms with van der Waals surface area (Å²) in [6.07, 6.45) is 1.79. The first-order chi connectivity index (χ1) is 9.69. The number of hydrogen-bond donors (Lipinski definition) is 1. The molecular weight excluding hydrogens is 321 g/mol. The maximum absolute atomic E-state index is 13.2. The first-order valence-corrected chi connectivity index (χ1v) is 7.53. The van der Waals surface area contributed by atoms with Crippen LogP contribution in [0.4, 0.5) is 4.39 Å². The zero-order chi connectivity index (χ0) is 14.1. The predicted molar refractivity (Wildman–Crippen MR) is 79.9 cm³/mol. The SMILES string of the molecule is CCc1nc(-c2ccc(F)cc2Br)nc2c1CNCC2. The highest BCUT2D eigenvalue weighted by atomic mass is 79.9. The van der Waals surface area contributed by atoms with E-state index in [1.165, 1.54) is 17.7 Å². The molecule has 1 aliphatic heterocycles. The lowest BCUT2D eigenvalue weighted by Crippen LogP contribution is -2.26. The highest BCUT2D eigenvalue weighted by Gasteiger charge is 2.18. The Labute approximate surface area is 125 Å². The van der Waals surface area contributed by atoms with Crippen LogP contribution in [0.2, 0.25) is 0 Å². The minimum Gasteiger partial charge on any atom is -0.312 e. The van der Waals surface area contributed by atoms with Gasteiger partial charge in [-0.2, -0.15) is 0 Å². The van der Waals surface area contributed by atoms with Gasteiger partial charge in [0.2, 0.25) is 0 Å². The Morgan fingerprint density at radius 1 is 1.35 bits per heavy atom. The van der Waals surface area contributed by atoms with Crippen molar-refractivity contribution in [3.8, 4) is 11.4 Å². The Hall–Kier alpha value is -1.33. The van der Waals surface area contributed by atoms with E-state index in [1.807, 2.05) is 0 Å². The van der Waals surface area contributed by atoms with Crippen LogP contribution in [0.5, 0.6) is 0 Å². The van der Waals surface area contributed by atoms with E-state index in [2.05, 4.69) is 38.1 Å². The minimum absolute atomic E-state index is 0.265. The van der Waals surface area contributed by atoms with Gasteiger partial charge in [-0.1, -0.05) is 6.92 Å². The van der Waals surface area contributed by atoms with Gasteiger partial charge in [0.25, 0.3) is 0 Å². The molecule has 0 atom stereocenters. The van der Waals surface area contributed by atoms with Crippen LogP contribution in [0.25, 0.3) is 11.4 Å². The average molecular weight is 336 g/mol. The predicted octanol–water partition coefficient (Wildman–Crippen LogP) is 3.25. The summed E-state index contributed by atoms with van der Waals surface area (Å²) < 4.78 is 13.9. The molecule has 2 heterocycles. The molecule has 0 aliphatic carbocycles. The van der Waals surface area contributed by atoms with Gasteiger partial charge in [-0.15, -0.1) is 0 Å². The van der Waals surface area contributed by atoms with Gasteiger partial charge >= 0.3 is 0 Å². The van der Waals surface area contributed by atoms with Crippen LogP contribution in [-0.2, 0) is 19.4 Å². The molecule has 0 fully saturated rings. The van der Waals surface area contributed by atoms with E-state index in [0.717, 1.165) is 42.9 Å². The van der Waals surface area contributed by atoms with Gasteiger partial charge in [-0.05, 0) is 40.5 Å². The van der Waals surface area contributed by atoms with E-state index in [0.29, 0.717) is 10.3 Å². The van der Waals surface area contributed by atoms with Gasteiger partial charge in [0.1, 0.15) is 5.82 Å². The number of hydrogen-bond acceptors (Lipinski definition) is 3. The second kappa shape index (κ2) is 5.58. The van der Waals surface area contributed by atoms with Crippen molar-refractivity contribution in [2.45, 2.75) is 26.3 Å². The molecule has 1 aromatic heterocycles. The summed E-state index contributed by atoms with van der Waals surface area (Å²) in [6, 6.07) is 4.61. The number of benzene rings is 1. The molecule has 0 bridgehead atoms. The monoisotopic (exact) mass is 335 g/mol. The number of aryl methyl sites for hydroxylation is 1. The summed E-state index contributed by atoms with van der Waals surface area (Å²) in [5.41, 5.74) is 4.25. The van der Waals surface area contributed by atoms with Crippen LogP contribution in [0.15, 0.2) is 22.7 Å². The standard InChI is InChI=1S/C15H15BrFN3/c1-2-13-11-8-18-6-5-14(11)20-15(19-13)10-4-3-9(17)7-12(10)16/h3-4,7,18H,2,5-6,8H2,1H3. The second-order valence-electron chi connectivity index (χ2n) is 4.82. The van der Waals surface area contributed by atoms with Crippen molar-refractivity contribution < 1.29 is 4.39 Å². The third-order valence-electron chi connectivity index (χ3n) is 3.53. The van der Waals surface area contributed by atoms with E-state index in [-0.39, 0.29) is 5.82 Å². The third-order valence-corrected chi connectivity index (χ3v) is 4.18. The second-order valence-corrected chi connectivity index (χ2v) is 5.68. The highest BCUT2D eigenvalue weighted by Crippen LogP contribution is 2.28. The molecule has 20 heavy (non-hydrogen) atoms. The van der Waals surface area contributed by atoms with Crippen molar-refractivity contribution in [1.82, 2.24) is 15.3 Å². The van der Waals surface area contributed by atoms with Crippen LogP contribution in [-0.4, -0.2) is 16.5 Å². The number of rotatable bonds is 2. The first-order valence-electron chi connectivity index (χ1n) is 6.74. The molecule has 1 N–H and O–H groups in total. The van der Waals surface area contributed by atoms with Gasteiger partial charge in [0.05, 0.1) is 5.69 Å². The maximum atomic E-state index is 13.2. The van der Waals surface area contributed by atoms with E-state index in [9.17, 15) is 4.39 Å². The molecule has 0 saturated carbocycles. The van der Waals surface area contributed by atoms with Crippen LogP contribution in [0.1, 0.15) is 23.9 Å². The van der Waals surface area contributed by atoms with Crippen molar-refractivity contribution in [1.29, 1.82) is 0 Å². The largest absolute Gasteiger partial charge is 0.312 e. The zero-order valence-electron chi connectivity index (χ0n) is 11.2. The van der Waals surface area contributed by atoms with E-state index in [1.54, 1.807) is 6.07 Å². The van der Waals surface area contributed by atoms with Crippen molar-refractivity contribution >= 4 is 15.9 Å². The van der Waals surface area contributed by atoms with Crippen LogP contribution in [0.3, 0.4) is 0 Å². The molecule has 0 unspecified atom stereocenters. The lowest BCUT2D eigenvalue weighted by atomic mass is 10.0. The van der Waals surface area contributed by atoms with Gasteiger partial charge in [0, 0.05) is 40.8 Å². The number of halogens is 2. The molecule has 0 amide bonds. The molecule has 5 heteroatoms. The normalized spacial score (nSPS) is 14.2. The number of nitrogens with one attached hydrogen (secondary N) is 1. The molecule has 0 saturated heterocycles. The summed E-state index contributed by atoms with van der Waals surface area (Å²) in [4.78, 5) is 9.34. The smallest absolute Gasteiger partial charge is 0.160 e. The van der Waals surface area contributed by atoms with E-state index < -0.39 is 0 Å². The summed E-state index contributed by atoms with van der Waals surface area (Å²) in [6.45, 7) is 3.88. The Balaban J connectivity index is 2.14. The van der Waals surface area contributed by atoms with E-state index in [4.69, 9.17) is 0 Å². The fourth-order valence-corrected chi connectivity index (χ4v) is 3.03. The highest BCUT2D eigenvalue weighted by molar-refractivity contribution is 9.10. The summed E-state index contributed by atoms with van der Waals surface area (Å²) in [5, 5.41) is 3.35. The van der Waals surface area contributed by atoms with Crippen LogP contribution < -0.4 is 5.32 Å². The van der Waals surface area contributed by atoms with Crippen LogP contribution in [0, 0.1) is 5.82 Å². The zero-order valence-corrected chi connectivity index (χ0v) is 12.8. The molecule has 3 rings (SSSR count). The van der Waals surface area contributed by atoms with Gasteiger partial charge in [-0.3, -0.25) is 0 Å². The van der Waals surface area contributed by atoms with Crippen molar-refractivity contribution in [2.24, 2.45) is 0 Å². The molecular formula is C15H15BrFN3. The fraction of sp³-hybridized carbons (Fsp3) is 0.333. The first kappa shape index (κ1) is 13.6. The summed E-state index contributed by atoms with van der Waals surface area (Å²) in [5.74, 6) is 0.410. The third kappa shape index (κ3) is 2.47. The molecule has 3 nitrogen and oxygen atoms in total. The summed E-state index contributed by atoms with van der Waals surface area (Å²) in [7, 11) is 0. The molecule has 1 aliphatic rings. The molecule has 2 aromatic rings. The Morgan fingerprint density at radius 3 is 2.95 bits per heavy atom. The van der Waals surface area contributed by atoms with Gasteiger partial charge in [-0.25, -0.2) is 14.4 Å². The van der Waals surface area contributed by atoms with Gasteiger partial charge < -0.3 is 5.32 Å². The quantitative estimate of drug-likeness (QED) is 0.915. The lowest BCUT2D eigenvalue weighted by molar-refractivity contribution is 0.618. The van der Waals surface area contributed by atoms with Crippen molar-refractivity contribution in [3.63, 3.8) is 0 Å². The number of fused-ring (bicyclic) bond motifs is 1. The Bertz CT molecular complexity index is 641. The van der Waals surface area contributed by atoms with E-state index >= 15 is 0 Å². The van der Waals surface area contributed by atoms with Crippen molar-refractivity contribution in [3.05, 3.63) is 45.4 Å². The molecule has 104 valence electrons. The summed E-state index contributed by atoms with van der Waals surface area (Å²) >= 11 is 3.39. The van der Waals surface area contributed by atoms with Crippen molar-refractivity contribution in [2.75, 3.05) is 6.54 Å². The molecule has 1 aromatic carbocycles. The molecule has 0 spiro atoms. The van der Waals surface area contributed by atoms with Crippen LogP contribution >= 0.6 is 15.9 Å². The Kier molecular flexibility index (Phi) is 3.81. The number of nitrogens with zero attached hydrogens (tertiary/aromatic N) is 2. The lowest BCUT2D eigenvalue weighted by Gasteiger charge is -2.20. The van der Waals surface area contributed by atoms with Gasteiger partial charge in [0.15, 0.2) is 5.82 Å². The fourth-order valence-electron chi connectivity index (χ4n) is 2.50. The maximum Gasteiger partial charge on any atom is 0.160 e. The Morgan fingerprint density at radius 2 is 2.20 bits per heavy atom. The molecule has 0 radical (unpaired) electrons. The number of aromatic nitrogens is 2. The topological polar surface area (TPSA) is 37.8 Å². The minimum atomic E-state index is -0.265. The average Bonchev–Trinajstić information content (AvgIpc) is 2.46.